The van der Waals surface area contributed by atoms with Gasteiger partial charge in [-0.15, -0.1) is 5.92 Å². The molecule has 2 atom stereocenters. The summed E-state index contributed by atoms with van der Waals surface area (Å²) in [6, 6.07) is 0. The van der Waals surface area contributed by atoms with Crippen molar-refractivity contribution in [1.29, 1.82) is 0 Å². The highest BCUT2D eigenvalue weighted by molar-refractivity contribution is 5.52. The average Bonchev–Trinajstić information content (AvgIpc) is 2.41. The first kappa shape index (κ1) is 8.33. The minimum Gasteiger partial charge on any atom is -0.303 e. The summed E-state index contributed by atoms with van der Waals surface area (Å²) in [7, 11) is 0. The quantitative estimate of drug-likeness (QED) is 0.434. The fourth-order valence-corrected chi connectivity index (χ4v) is 1.73. The van der Waals surface area contributed by atoms with Gasteiger partial charge >= 0.3 is 0 Å². The molecule has 0 aliphatic heterocycles. The predicted molar refractivity (Wildman–Crippen MR) is 44.9 cm³/mol. The fraction of sp³-hybridized carbons (Fsp3) is 0.700. The van der Waals surface area contributed by atoms with Gasteiger partial charge < -0.3 is 4.79 Å². The van der Waals surface area contributed by atoms with E-state index in [-0.39, 0.29) is 5.41 Å². The molecular weight excluding hydrogens is 136 g/mol. The second-order valence-corrected chi connectivity index (χ2v) is 3.70. The van der Waals surface area contributed by atoms with Crippen LogP contribution in [-0.2, 0) is 4.79 Å². The topological polar surface area (TPSA) is 17.1 Å². The molecule has 1 fully saturated rings. The van der Waals surface area contributed by atoms with Gasteiger partial charge in [-0.3, -0.25) is 0 Å². The van der Waals surface area contributed by atoms with Gasteiger partial charge in [0.1, 0.15) is 6.29 Å². The van der Waals surface area contributed by atoms with Crippen LogP contribution < -0.4 is 0 Å². The van der Waals surface area contributed by atoms with E-state index >= 15 is 0 Å². The molecule has 0 aromatic carbocycles. The summed E-state index contributed by atoms with van der Waals surface area (Å²) in [5.41, 5.74) is 0.282. The van der Waals surface area contributed by atoms with Gasteiger partial charge in [0.25, 0.3) is 0 Å². The Morgan fingerprint density at radius 2 is 2.18 bits per heavy atom. The van der Waals surface area contributed by atoms with Crippen LogP contribution in [0.5, 0.6) is 0 Å². The third-order valence-electron chi connectivity index (χ3n) is 2.70. The summed E-state index contributed by atoms with van der Waals surface area (Å²) in [6.45, 7) is 6.21. The summed E-state index contributed by atoms with van der Waals surface area (Å²) in [5, 5.41) is 0. The zero-order chi connectivity index (χ0) is 8.48. The Morgan fingerprint density at radius 3 is 2.64 bits per heavy atom. The summed E-state index contributed by atoms with van der Waals surface area (Å²) >= 11 is 0. The van der Waals surface area contributed by atoms with Gasteiger partial charge in [0.15, 0.2) is 0 Å². The Morgan fingerprint density at radius 1 is 1.55 bits per heavy atom. The monoisotopic (exact) mass is 150 g/mol. The largest absolute Gasteiger partial charge is 0.303 e. The van der Waals surface area contributed by atoms with E-state index in [4.69, 9.17) is 0 Å². The van der Waals surface area contributed by atoms with Crippen molar-refractivity contribution < 1.29 is 4.79 Å². The first-order valence-corrected chi connectivity index (χ1v) is 4.00. The molecule has 0 aromatic heterocycles. The molecule has 0 N–H and O–H groups in total. The lowest BCUT2D eigenvalue weighted by molar-refractivity contribution is -0.108. The zero-order valence-electron chi connectivity index (χ0n) is 7.35. The minimum absolute atomic E-state index is 0.282. The summed E-state index contributed by atoms with van der Waals surface area (Å²) < 4.78 is 0. The van der Waals surface area contributed by atoms with Crippen LogP contribution in [0.4, 0.5) is 0 Å². The molecule has 0 bridgehead atoms. The molecule has 1 nitrogen and oxygen atoms in total. The first-order valence-electron chi connectivity index (χ1n) is 4.00. The van der Waals surface area contributed by atoms with Crippen molar-refractivity contribution in [3.8, 4) is 11.8 Å². The van der Waals surface area contributed by atoms with Crippen molar-refractivity contribution in [2.75, 3.05) is 0 Å². The van der Waals surface area contributed by atoms with Gasteiger partial charge in [-0.05, 0) is 18.3 Å². The highest BCUT2D eigenvalue weighted by Gasteiger charge is 2.56. The number of rotatable bonds is 2. The summed E-state index contributed by atoms with van der Waals surface area (Å²) in [6.07, 6.45) is 1.68. The van der Waals surface area contributed by atoms with Crippen LogP contribution in [-0.4, -0.2) is 6.29 Å². The highest BCUT2D eigenvalue weighted by Crippen LogP contribution is 2.59. The second-order valence-electron chi connectivity index (χ2n) is 3.70. The zero-order valence-corrected chi connectivity index (χ0v) is 7.35. The van der Waals surface area contributed by atoms with E-state index < -0.39 is 0 Å². The van der Waals surface area contributed by atoms with Gasteiger partial charge in [-0.1, -0.05) is 19.8 Å². The molecule has 11 heavy (non-hydrogen) atoms. The standard InChI is InChI=1S/C10H14O/c1-4-5-8-9(6-7-11)10(8,2)3/h7-9H,6H2,1-3H3/t8-,9+/m1/s1. The Kier molecular flexibility index (Phi) is 2.04. The lowest BCUT2D eigenvalue weighted by atomic mass is 10.1. The van der Waals surface area contributed by atoms with Crippen LogP contribution in [0.2, 0.25) is 0 Å². The average molecular weight is 150 g/mol. The van der Waals surface area contributed by atoms with Crippen LogP contribution in [0, 0.1) is 29.1 Å². The highest BCUT2D eigenvalue weighted by atomic mass is 16.1. The first-order chi connectivity index (χ1) is 5.14. The molecule has 0 heterocycles. The van der Waals surface area contributed by atoms with Crippen LogP contribution in [0.25, 0.3) is 0 Å². The van der Waals surface area contributed by atoms with Crippen LogP contribution in [0.15, 0.2) is 0 Å². The maximum atomic E-state index is 10.2. The Balaban J connectivity index is 2.57. The molecule has 0 radical (unpaired) electrons. The molecule has 0 aromatic rings. The van der Waals surface area contributed by atoms with E-state index in [0.29, 0.717) is 18.3 Å². The van der Waals surface area contributed by atoms with Crippen LogP contribution >= 0.6 is 0 Å². The summed E-state index contributed by atoms with van der Waals surface area (Å²) in [4.78, 5) is 10.2. The fourth-order valence-electron chi connectivity index (χ4n) is 1.73. The van der Waals surface area contributed by atoms with Crippen molar-refractivity contribution in [2.45, 2.75) is 27.2 Å². The van der Waals surface area contributed by atoms with Gasteiger partial charge in [0, 0.05) is 12.3 Å². The van der Waals surface area contributed by atoms with Crippen molar-refractivity contribution in [3.63, 3.8) is 0 Å². The normalized spacial score (nSPS) is 31.9. The molecule has 1 rings (SSSR count). The lowest BCUT2D eigenvalue weighted by Crippen LogP contribution is -1.90. The summed E-state index contributed by atoms with van der Waals surface area (Å²) in [5.74, 6) is 7.01. The maximum absolute atomic E-state index is 10.2. The predicted octanol–water partition coefficient (Wildman–Crippen LogP) is 1.87. The molecular formula is C10H14O. The van der Waals surface area contributed by atoms with Gasteiger partial charge in [-0.2, -0.15) is 0 Å². The third-order valence-corrected chi connectivity index (χ3v) is 2.70. The molecule has 0 spiro atoms. The second kappa shape index (κ2) is 2.70. The van der Waals surface area contributed by atoms with E-state index in [1.54, 1.807) is 0 Å². The van der Waals surface area contributed by atoms with E-state index in [0.717, 1.165) is 6.29 Å². The Bertz CT molecular complexity index is 217. The lowest BCUT2D eigenvalue weighted by Gasteiger charge is -1.95. The number of aldehydes is 1. The van der Waals surface area contributed by atoms with Crippen LogP contribution in [0.1, 0.15) is 27.2 Å². The van der Waals surface area contributed by atoms with E-state index in [1.165, 1.54) is 0 Å². The van der Waals surface area contributed by atoms with Crippen molar-refractivity contribution in [1.82, 2.24) is 0 Å². The Hall–Kier alpha value is -0.770. The molecule has 0 saturated heterocycles. The molecule has 60 valence electrons. The molecule has 1 aliphatic rings. The van der Waals surface area contributed by atoms with Crippen molar-refractivity contribution in [2.24, 2.45) is 17.3 Å². The Labute approximate surface area is 68.2 Å². The SMILES string of the molecule is CC#C[C@@H]1[C@H](CC=O)C1(C)C. The van der Waals surface area contributed by atoms with Gasteiger partial charge in [0.05, 0.1) is 0 Å². The maximum Gasteiger partial charge on any atom is 0.120 e. The minimum atomic E-state index is 0.282. The van der Waals surface area contributed by atoms with E-state index in [9.17, 15) is 4.79 Å². The number of carbonyl (C=O) groups excluding carboxylic acids is 1. The third kappa shape index (κ3) is 1.30. The van der Waals surface area contributed by atoms with Gasteiger partial charge in [-0.25, -0.2) is 0 Å². The molecule has 1 heteroatoms. The number of carbonyl (C=O) groups is 1. The molecule has 0 amide bonds. The van der Waals surface area contributed by atoms with E-state index in [2.05, 4.69) is 25.7 Å². The number of hydrogen-bond acceptors (Lipinski definition) is 1. The molecule has 1 aliphatic carbocycles. The van der Waals surface area contributed by atoms with Crippen molar-refractivity contribution in [3.05, 3.63) is 0 Å². The van der Waals surface area contributed by atoms with Gasteiger partial charge in [0.2, 0.25) is 0 Å². The molecule has 1 saturated carbocycles. The molecule has 0 unspecified atom stereocenters. The number of hydrogen-bond donors (Lipinski definition) is 0. The smallest absolute Gasteiger partial charge is 0.120 e. The van der Waals surface area contributed by atoms with Crippen molar-refractivity contribution >= 4 is 6.29 Å². The van der Waals surface area contributed by atoms with Crippen LogP contribution in [0.3, 0.4) is 0 Å². The van der Waals surface area contributed by atoms with E-state index in [1.807, 2.05) is 6.92 Å².